The molecule has 120 valence electrons. The lowest BCUT2D eigenvalue weighted by Gasteiger charge is -2.34. The second-order valence-electron chi connectivity index (χ2n) is 5.42. The molecule has 1 fully saturated rings. The summed E-state index contributed by atoms with van der Waals surface area (Å²) >= 11 is 0. The van der Waals surface area contributed by atoms with Crippen molar-refractivity contribution in [2.24, 2.45) is 0 Å². The number of benzene rings is 1. The first-order valence-corrected chi connectivity index (χ1v) is 7.74. The molecular weight excluding hydrogens is 294 g/mol. The van der Waals surface area contributed by atoms with Gasteiger partial charge in [0.05, 0.1) is 5.52 Å². The van der Waals surface area contributed by atoms with E-state index in [2.05, 4.69) is 10.3 Å². The minimum absolute atomic E-state index is 0.0855. The van der Waals surface area contributed by atoms with Crippen LogP contribution in [-0.4, -0.2) is 47.4 Å². The molecule has 6 heteroatoms. The third-order valence-corrected chi connectivity index (χ3v) is 4.00. The van der Waals surface area contributed by atoms with E-state index in [1.165, 1.54) is 0 Å². The highest BCUT2D eigenvalue weighted by atomic mass is 16.5. The molecule has 1 unspecified atom stereocenters. The van der Waals surface area contributed by atoms with Gasteiger partial charge in [0.2, 0.25) is 5.91 Å². The van der Waals surface area contributed by atoms with E-state index in [4.69, 9.17) is 4.74 Å². The highest BCUT2D eigenvalue weighted by molar-refractivity contribution is 5.90. The summed E-state index contributed by atoms with van der Waals surface area (Å²) in [5, 5.41) is 3.65. The second kappa shape index (κ2) is 6.64. The molecule has 0 spiro atoms. The van der Waals surface area contributed by atoms with Crippen molar-refractivity contribution in [3.05, 3.63) is 36.5 Å². The van der Waals surface area contributed by atoms with Gasteiger partial charge in [0, 0.05) is 24.7 Å². The maximum Gasteiger partial charge on any atom is 0.261 e. The van der Waals surface area contributed by atoms with Gasteiger partial charge in [-0.25, -0.2) is 0 Å². The Morgan fingerprint density at radius 1 is 1.39 bits per heavy atom. The average Bonchev–Trinajstić information content (AvgIpc) is 2.59. The maximum absolute atomic E-state index is 12.4. The molecule has 0 aliphatic carbocycles. The fraction of sp³-hybridized carbons (Fsp3) is 0.353. The molecule has 2 heterocycles. The molecule has 0 bridgehead atoms. The second-order valence-corrected chi connectivity index (χ2v) is 5.42. The molecular formula is C17H19N3O3. The molecule has 6 nitrogen and oxygen atoms in total. The number of nitrogens with zero attached hydrogens (tertiary/aromatic N) is 2. The molecule has 1 atom stereocenters. The van der Waals surface area contributed by atoms with E-state index in [-0.39, 0.29) is 18.4 Å². The lowest BCUT2D eigenvalue weighted by atomic mass is 10.1. The molecule has 1 N–H and O–H groups in total. The number of nitrogens with one attached hydrogen (secondary N) is 1. The van der Waals surface area contributed by atoms with Gasteiger partial charge in [0.1, 0.15) is 11.8 Å². The van der Waals surface area contributed by atoms with E-state index < -0.39 is 6.04 Å². The van der Waals surface area contributed by atoms with Crippen LogP contribution >= 0.6 is 0 Å². The number of rotatable bonds is 4. The van der Waals surface area contributed by atoms with Crippen LogP contribution in [0.3, 0.4) is 0 Å². The summed E-state index contributed by atoms with van der Waals surface area (Å²) in [5.74, 6) is 0.354. The Hall–Kier alpha value is -2.63. The lowest BCUT2D eigenvalue weighted by Crippen LogP contribution is -2.57. The van der Waals surface area contributed by atoms with Gasteiger partial charge >= 0.3 is 0 Å². The third kappa shape index (κ3) is 3.11. The Bertz CT molecular complexity index is 727. The molecule has 23 heavy (non-hydrogen) atoms. The molecule has 2 amide bonds. The highest BCUT2D eigenvalue weighted by Crippen LogP contribution is 2.23. The smallest absolute Gasteiger partial charge is 0.261 e. The number of ether oxygens (including phenoxy) is 1. The Morgan fingerprint density at radius 3 is 3.04 bits per heavy atom. The molecule has 1 aromatic carbocycles. The quantitative estimate of drug-likeness (QED) is 0.925. The van der Waals surface area contributed by atoms with Crippen molar-refractivity contribution in [3.8, 4) is 5.75 Å². The first kappa shape index (κ1) is 15.3. The number of fused-ring (bicyclic) bond motifs is 1. The fourth-order valence-corrected chi connectivity index (χ4v) is 2.84. The molecule has 1 aromatic heterocycles. The maximum atomic E-state index is 12.4. The third-order valence-electron chi connectivity index (χ3n) is 4.00. The summed E-state index contributed by atoms with van der Waals surface area (Å²) in [6.45, 7) is 2.81. The van der Waals surface area contributed by atoms with Gasteiger partial charge in [-0.2, -0.15) is 0 Å². The summed E-state index contributed by atoms with van der Waals surface area (Å²) in [5.41, 5.74) is 0.821. The molecule has 1 saturated heterocycles. The zero-order valence-electron chi connectivity index (χ0n) is 13.0. The summed E-state index contributed by atoms with van der Waals surface area (Å²) in [4.78, 5) is 30.1. The van der Waals surface area contributed by atoms with Gasteiger partial charge < -0.3 is 15.0 Å². The summed E-state index contributed by atoms with van der Waals surface area (Å²) in [7, 11) is 0. The van der Waals surface area contributed by atoms with E-state index in [0.29, 0.717) is 25.3 Å². The molecule has 0 saturated carbocycles. The summed E-state index contributed by atoms with van der Waals surface area (Å²) in [6.07, 6.45) is 2.25. The van der Waals surface area contributed by atoms with Gasteiger partial charge in [0.15, 0.2) is 6.61 Å². The van der Waals surface area contributed by atoms with Crippen molar-refractivity contribution >= 4 is 22.7 Å². The Morgan fingerprint density at radius 2 is 2.22 bits per heavy atom. The molecule has 1 aliphatic heterocycles. The molecule has 3 rings (SSSR count). The first-order valence-electron chi connectivity index (χ1n) is 7.74. The van der Waals surface area contributed by atoms with Crippen LogP contribution in [0.4, 0.5) is 0 Å². The molecule has 2 aromatic rings. The number of para-hydroxylation sites is 1. The predicted molar refractivity (Wildman–Crippen MR) is 86.0 cm³/mol. The lowest BCUT2D eigenvalue weighted by molar-refractivity contribution is -0.144. The van der Waals surface area contributed by atoms with Crippen molar-refractivity contribution in [3.63, 3.8) is 0 Å². The van der Waals surface area contributed by atoms with Crippen LogP contribution in [0.25, 0.3) is 10.9 Å². The number of carbonyl (C=O) groups excluding carboxylic acids is 2. The van der Waals surface area contributed by atoms with E-state index in [1.54, 1.807) is 17.2 Å². The van der Waals surface area contributed by atoms with Crippen LogP contribution in [0.5, 0.6) is 5.75 Å². The first-order chi connectivity index (χ1) is 11.2. The van der Waals surface area contributed by atoms with E-state index in [1.807, 2.05) is 31.2 Å². The normalized spacial score (nSPS) is 17.9. The van der Waals surface area contributed by atoms with Crippen LogP contribution < -0.4 is 10.1 Å². The minimum Gasteiger partial charge on any atom is -0.483 e. The summed E-state index contributed by atoms with van der Waals surface area (Å²) < 4.78 is 5.70. The zero-order valence-corrected chi connectivity index (χ0v) is 13.0. The Kier molecular flexibility index (Phi) is 4.41. The van der Waals surface area contributed by atoms with Crippen molar-refractivity contribution in [2.75, 3.05) is 19.7 Å². The van der Waals surface area contributed by atoms with Gasteiger partial charge in [-0.05, 0) is 24.6 Å². The highest BCUT2D eigenvalue weighted by Gasteiger charge is 2.31. The monoisotopic (exact) mass is 313 g/mol. The number of piperazine rings is 1. The van der Waals surface area contributed by atoms with Crippen LogP contribution in [-0.2, 0) is 9.59 Å². The minimum atomic E-state index is -0.408. The van der Waals surface area contributed by atoms with Crippen LogP contribution in [0, 0.1) is 0 Å². The standard InChI is InChI=1S/C17H19N3O3/c1-2-14-17(22)19-9-10-20(14)16(21)11-23-15-7-8-18-13-6-4-3-5-12(13)15/h3-8,14H,2,9-11H2,1H3,(H,19,22). The average molecular weight is 313 g/mol. The van der Waals surface area contributed by atoms with E-state index in [0.717, 1.165) is 10.9 Å². The van der Waals surface area contributed by atoms with Crippen LogP contribution in [0.2, 0.25) is 0 Å². The van der Waals surface area contributed by atoms with Crippen molar-refractivity contribution in [1.29, 1.82) is 0 Å². The Balaban J connectivity index is 1.72. The topological polar surface area (TPSA) is 71.5 Å². The SMILES string of the molecule is CCC1C(=O)NCCN1C(=O)COc1ccnc2ccccc12. The molecule has 1 aliphatic rings. The fourth-order valence-electron chi connectivity index (χ4n) is 2.84. The van der Waals surface area contributed by atoms with E-state index >= 15 is 0 Å². The number of pyridine rings is 1. The molecule has 0 radical (unpaired) electrons. The summed E-state index contributed by atoms with van der Waals surface area (Å²) in [6, 6.07) is 8.95. The van der Waals surface area contributed by atoms with Crippen LogP contribution in [0.15, 0.2) is 36.5 Å². The van der Waals surface area contributed by atoms with Crippen molar-refractivity contribution < 1.29 is 14.3 Å². The Labute approximate surface area is 134 Å². The number of hydrogen-bond donors (Lipinski definition) is 1. The van der Waals surface area contributed by atoms with E-state index in [9.17, 15) is 9.59 Å². The van der Waals surface area contributed by atoms with Crippen molar-refractivity contribution in [1.82, 2.24) is 15.2 Å². The number of aromatic nitrogens is 1. The largest absolute Gasteiger partial charge is 0.483 e. The van der Waals surface area contributed by atoms with Crippen molar-refractivity contribution in [2.45, 2.75) is 19.4 Å². The van der Waals surface area contributed by atoms with Gasteiger partial charge in [0.25, 0.3) is 5.91 Å². The predicted octanol–water partition coefficient (Wildman–Crippen LogP) is 1.35. The number of amides is 2. The van der Waals surface area contributed by atoms with Gasteiger partial charge in [-0.3, -0.25) is 14.6 Å². The van der Waals surface area contributed by atoms with Gasteiger partial charge in [-0.15, -0.1) is 0 Å². The number of carbonyl (C=O) groups is 2. The van der Waals surface area contributed by atoms with Crippen LogP contribution in [0.1, 0.15) is 13.3 Å². The zero-order chi connectivity index (χ0) is 16.2. The van der Waals surface area contributed by atoms with Gasteiger partial charge in [-0.1, -0.05) is 19.1 Å². The number of hydrogen-bond acceptors (Lipinski definition) is 4.